The summed E-state index contributed by atoms with van der Waals surface area (Å²) in [5.41, 5.74) is 4.24. The van der Waals surface area contributed by atoms with E-state index in [1.807, 2.05) is 0 Å². The van der Waals surface area contributed by atoms with Gasteiger partial charge in [0.05, 0.1) is 6.04 Å². The Bertz CT molecular complexity index is 369. The number of nitrogens with zero attached hydrogens (tertiary/aromatic N) is 1. The lowest BCUT2D eigenvalue weighted by Gasteiger charge is -2.28. The van der Waals surface area contributed by atoms with Crippen molar-refractivity contribution in [2.24, 2.45) is 4.99 Å². The second-order valence-corrected chi connectivity index (χ2v) is 4.31. The number of rotatable bonds is 0. The van der Waals surface area contributed by atoms with Crippen LogP contribution in [0.5, 0.6) is 0 Å². The van der Waals surface area contributed by atoms with E-state index in [4.69, 9.17) is 4.99 Å². The highest BCUT2D eigenvalue weighted by molar-refractivity contribution is 6.05. The zero-order valence-corrected chi connectivity index (χ0v) is 8.37. The summed E-state index contributed by atoms with van der Waals surface area (Å²) in [6.07, 6.45) is 15.2. The summed E-state index contributed by atoms with van der Waals surface area (Å²) in [6.45, 7) is 0. The lowest BCUT2D eigenvalue weighted by atomic mass is 9.84. The van der Waals surface area contributed by atoms with Gasteiger partial charge in [-0.15, -0.1) is 0 Å². The number of hydrogen-bond donors (Lipinski definition) is 0. The van der Waals surface area contributed by atoms with Gasteiger partial charge in [0.1, 0.15) is 0 Å². The molecule has 1 nitrogen and oxygen atoms in total. The van der Waals surface area contributed by atoms with Crippen molar-refractivity contribution >= 4 is 5.71 Å². The van der Waals surface area contributed by atoms with Crippen molar-refractivity contribution in [3.8, 4) is 0 Å². The minimum Gasteiger partial charge on any atom is -0.281 e. The number of allylic oxidation sites excluding steroid dienone is 5. The fourth-order valence-electron chi connectivity index (χ4n) is 2.55. The highest BCUT2D eigenvalue weighted by Crippen LogP contribution is 2.32. The summed E-state index contributed by atoms with van der Waals surface area (Å²) in [6, 6.07) is 0.530. The van der Waals surface area contributed by atoms with E-state index in [1.165, 1.54) is 37.0 Å². The summed E-state index contributed by atoms with van der Waals surface area (Å²) < 4.78 is 0. The summed E-state index contributed by atoms with van der Waals surface area (Å²) in [5, 5.41) is 0. The topological polar surface area (TPSA) is 12.4 Å². The molecule has 2 aliphatic carbocycles. The zero-order valence-electron chi connectivity index (χ0n) is 8.37. The number of hydrogen-bond acceptors (Lipinski definition) is 1. The molecule has 1 atom stereocenters. The molecule has 0 aromatic heterocycles. The van der Waals surface area contributed by atoms with Crippen LogP contribution in [0.2, 0.25) is 0 Å². The van der Waals surface area contributed by atoms with Crippen LogP contribution in [-0.4, -0.2) is 11.8 Å². The molecule has 1 heterocycles. The average Bonchev–Trinajstić information content (AvgIpc) is 2.26. The molecule has 1 unspecified atom stereocenters. The molecule has 3 rings (SSSR count). The van der Waals surface area contributed by atoms with Crippen molar-refractivity contribution in [3.05, 3.63) is 35.5 Å². The molecule has 3 aliphatic rings. The molecule has 1 aliphatic heterocycles. The van der Waals surface area contributed by atoms with Crippen LogP contribution in [0, 0.1) is 0 Å². The van der Waals surface area contributed by atoms with Gasteiger partial charge < -0.3 is 0 Å². The summed E-state index contributed by atoms with van der Waals surface area (Å²) in [7, 11) is 0. The van der Waals surface area contributed by atoms with E-state index in [0.29, 0.717) is 6.04 Å². The smallest absolute Gasteiger partial charge is 0.0716 e. The summed E-state index contributed by atoms with van der Waals surface area (Å²) >= 11 is 0. The van der Waals surface area contributed by atoms with Gasteiger partial charge in [-0.3, -0.25) is 4.99 Å². The van der Waals surface area contributed by atoms with Crippen LogP contribution < -0.4 is 0 Å². The molecular weight excluding hydrogens is 170 g/mol. The van der Waals surface area contributed by atoms with Crippen LogP contribution in [0.15, 0.2) is 40.4 Å². The standard InChI is InChI=1S/C13H15N/c1-3-7-12-10(5-1)9-11-6-2-4-8-13(11)14-12/h1,3,5,9,13H,2,4,6-8H2. The molecule has 1 saturated carbocycles. The molecule has 72 valence electrons. The molecule has 0 spiro atoms. The fraction of sp³-hybridized carbons (Fsp3) is 0.462. The molecule has 0 amide bonds. The first-order chi connectivity index (χ1) is 6.93. The Labute approximate surface area is 84.9 Å². The predicted octanol–water partition coefficient (Wildman–Crippen LogP) is 3.20. The van der Waals surface area contributed by atoms with E-state index in [2.05, 4.69) is 24.3 Å². The molecule has 14 heavy (non-hydrogen) atoms. The average molecular weight is 185 g/mol. The second kappa shape index (κ2) is 3.23. The van der Waals surface area contributed by atoms with E-state index in [1.54, 1.807) is 5.57 Å². The second-order valence-electron chi connectivity index (χ2n) is 4.31. The Morgan fingerprint density at radius 2 is 2.29 bits per heavy atom. The first-order valence-electron chi connectivity index (χ1n) is 5.58. The Kier molecular flexibility index (Phi) is 1.90. The molecule has 1 fully saturated rings. The third-order valence-corrected chi connectivity index (χ3v) is 3.33. The number of dihydropyridines is 1. The Hall–Kier alpha value is -1.11. The minimum absolute atomic E-state index is 0.530. The third-order valence-electron chi connectivity index (χ3n) is 3.33. The number of aliphatic imine (C=N–C) groups is 1. The molecule has 0 aromatic carbocycles. The highest BCUT2D eigenvalue weighted by atomic mass is 14.8. The van der Waals surface area contributed by atoms with Crippen molar-refractivity contribution in [2.75, 3.05) is 0 Å². The lowest BCUT2D eigenvalue weighted by molar-refractivity contribution is 0.534. The van der Waals surface area contributed by atoms with Crippen molar-refractivity contribution < 1.29 is 0 Å². The van der Waals surface area contributed by atoms with Gasteiger partial charge in [-0.2, -0.15) is 0 Å². The van der Waals surface area contributed by atoms with Crippen LogP contribution in [0.1, 0.15) is 32.1 Å². The molecule has 0 aromatic rings. The third kappa shape index (κ3) is 1.28. The maximum absolute atomic E-state index is 4.85. The molecular formula is C13H15N. The summed E-state index contributed by atoms with van der Waals surface area (Å²) in [4.78, 5) is 4.85. The molecule has 0 radical (unpaired) electrons. The van der Waals surface area contributed by atoms with Crippen molar-refractivity contribution in [1.82, 2.24) is 0 Å². The van der Waals surface area contributed by atoms with Crippen molar-refractivity contribution in [1.29, 1.82) is 0 Å². The Morgan fingerprint density at radius 3 is 3.29 bits per heavy atom. The van der Waals surface area contributed by atoms with Crippen LogP contribution in [-0.2, 0) is 0 Å². The fourth-order valence-corrected chi connectivity index (χ4v) is 2.55. The quantitative estimate of drug-likeness (QED) is 0.549. The van der Waals surface area contributed by atoms with Gasteiger partial charge in [-0.05, 0) is 30.4 Å². The molecule has 0 bridgehead atoms. The largest absolute Gasteiger partial charge is 0.281 e. The van der Waals surface area contributed by atoms with Gasteiger partial charge in [0, 0.05) is 12.1 Å². The van der Waals surface area contributed by atoms with Crippen molar-refractivity contribution in [2.45, 2.75) is 38.1 Å². The van der Waals surface area contributed by atoms with Crippen LogP contribution in [0.25, 0.3) is 0 Å². The van der Waals surface area contributed by atoms with E-state index < -0.39 is 0 Å². The first-order valence-corrected chi connectivity index (χ1v) is 5.58. The van der Waals surface area contributed by atoms with Gasteiger partial charge in [0.25, 0.3) is 0 Å². The monoisotopic (exact) mass is 185 g/mol. The van der Waals surface area contributed by atoms with Crippen LogP contribution in [0.4, 0.5) is 0 Å². The van der Waals surface area contributed by atoms with Gasteiger partial charge in [0.15, 0.2) is 0 Å². The zero-order chi connectivity index (χ0) is 9.38. The first kappa shape index (κ1) is 8.22. The Balaban J connectivity index is 1.98. The number of fused-ring (bicyclic) bond motifs is 2. The maximum atomic E-state index is 4.85. The van der Waals surface area contributed by atoms with Gasteiger partial charge in [-0.1, -0.05) is 30.7 Å². The minimum atomic E-state index is 0.530. The van der Waals surface area contributed by atoms with E-state index in [9.17, 15) is 0 Å². The van der Waals surface area contributed by atoms with Crippen LogP contribution >= 0.6 is 0 Å². The van der Waals surface area contributed by atoms with Crippen molar-refractivity contribution in [3.63, 3.8) is 0 Å². The summed E-state index contributed by atoms with van der Waals surface area (Å²) in [5.74, 6) is 0. The highest BCUT2D eigenvalue weighted by Gasteiger charge is 2.23. The van der Waals surface area contributed by atoms with Gasteiger partial charge >= 0.3 is 0 Å². The van der Waals surface area contributed by atoms with E-state index in [-0.39, 0.29) is 0 Å². The lowest BCUT2D eigenvalue weighted by Crippen LogP contribution is -2.22. The SMILES string of the molecule is C1=CCC2=NC3CCCCC3=CC2=C1. The van der Waals surface area contributed by atoms with Gasteiger partial charge in [0.2, 0.25) is 0 Å². The molecule has 1 heteroatoms. The van der Waals surface area contributed by atoms with E-state index >= 15 is 0 Å². The molecule has 0 saturated heterocycles. The normalized spacial score (nSPS) is 29.7. The van der Waals surface area contributed by atoms with E-state index in [0.717, 1.165) is 6.42 Å². The van der Waals surface area contributed by atoms with Crippen LogP contribution in [0.3, 0.4) is 0 Å². The predicted molar refractivity (Wildman–Crippen MR) is 59.6 cm³/mol. The maximum Gasteiger partial charge on any atom is 0.0716 e. The molecule has 0 N–H and O–H groups in total. The Morgan fingerprint density at radius 1 is 1.29 bits per heavy atom. The van der Waals surface area contributed by atoms with Gasteiger partial charge in [-0.25, -0.2) is 0 Å².